The van der Waals surface area contributed by atoms with Crippen molar-refractivity contribution in [3.63, 3.8) is 0 Å². The van der Waals surface area contributed by atoms with E-state index in [0.717, 1.165) is 0 Å². The minimum Gasteiger partial charge on any atom is -0.465 e. The van der Waals surface area contributed by atoms with Gasteiger partial charge in [-0.15, -0.1) is 0 Å². The van der Waals surface area contributed by atoms with Gasteiger partial charge in [0.05, 0.1) is 6.61 Å². The minimum absolute atomic E-state index is 0.0614. The number of benzene rings is 2. The summed E-state index contributed by atoms with van der Waals surface area (Å²) >= 11 is 0. The van der Waals surface area contributed by atoms with Gasteiger partial charge in [-0.25, -0.2) is 4.79 Å². The fraction of sp³-hybridized carbons (Fsp3) is 0.429. The Morgan fingerprint density at radius 3 is 2.24 bits per heavy atom. The molecule has 2 aromatic carbocycles. The molecule has 2 N–H and O–H groups in total. The van der Waals surface area contributed by atoms with Crippen molar-refractivity contribution in [1.82, 2.24) is 10.2 Å². The van der Waals surface area contributed by atoms with E-state index in [4.69, 9.17) is 9.47 Å². The van der Waals surface area contributed by atoms with Gasteiger partial charge in [0.25, 0.3) is 5.91 Å². The average molecular weight is 512 g/mol. The maximum atomic E-state index is 13.6. The summed E-state index contributed by atoms with van der Waals surface area (Å²) in [6, 6.07) is 14.6. The Kier molecular flexibility index (Phi) is 10.7. The van der Waals surface area contributed by atoms with Gasteiger partial charge in [0.2, 0.25) is 5.91 Å². The molecule has 3 amide bonds. The number of nitrogens with zero attached hydrogens (tertiary/aromatic N) is 1. The van der Waals surface area contributed by atoms with Crippen molar-refractivity contribution < 1.29 is 28.7 Å². The molecule has 0 bridgehead atoms. The Morgan fingerprint density at radius 2 is 1.65 bits per heavy atom. The van der Waals surface area contributed by atoms with E-state index in [9.17, 15) is 19.2 Å². The van der Waals surface area contributed by atoms with E-state index in [1.165, 1.54) is 4.90 Å². The molecule has 0 aliphatic heterocycles. The lowest BCUT2D eigenvalue weighted by atomic mass is 10.0. The maximum absolute atomic E-state index is 13.6. The number of amides is 3. The molecule has 2 rings (SSSR count). The molecule has 37 heavy (non-hydrogen) atoms. The van der Waals surface area contributed by atoms with Crippen LogP contribution in [0.1, 0.15) is 57.5 Å². The number of rotatable bonds is 10. The van der Waals surface area contributed by atoms with Gasteiger partial charge in [-0.2, -0.15) is 0 Å². The largest absolute Gasteiger partial charge is 0.465 e. The van der Waals surface area contributed by atoms with Crippen molar-refractivity contribution in [3.8, 4) is 0 Å². The van der Waals surface area contributed by atoms with Crippen molar-refractivity contribution in [1.29, 1.82) is 0 Å². The molecule has 0 saturated carbocycles. The number of hydrogen-bond acceptors (Lipinski definition) is 6. The molecule has 1 unspecified atom stereocenters. The molecule has 0 aromatic heterocycles. The molecule has 0 spiro atoms. The third-order valence-corrected chi connectivity index (χ3v) is 5.14. The zero-order valence-electron chi connectivity index (χ0n) is 22.4. The van der Waals surface area contributed by atoms with Crippen LogP contribution in [0.15, 0.2) is 54.6 Å². The summed E-state index contributed by atoms with van der Waals surface area (Å²) in [6.07, 6.45) is -0.604. The molecule has 0 fully saturated rings. The lowest BCUT2D eigenvalue weighted by Crippen LogP contribution is -2.52. The van der Waals surface area contributed by atoms with Gasteiger partial charge in [0, 0.05) is 17.8 Å². The first-order chi connectivity index (χ1) is 17.4. The molecule has 0 aliphatic carbocycles. The van der Waals surface area contributed by atoms with Crippen LogP contribution in [0.4, 0.5) is 10.5 Å². The predicted molar refractivity (Wildman–Crippen MR) is 141 cm³/mol. The standard InChI is InChI=1S/C28H37N3O6/c1-7-36-23(32)18-31(17-20-12-11-15-22(16-20)29-27(35)37-28(4,5)6)26(34)24(19(2)3)30-25(33)21-13-9-8-10-14-21/h8-16,19,24H,7,17-18H2,1-6H3,(H,29,35)(H,30,33). The van der Waals surface area contributed by atoms with Crippen molar-refractivity contribution in [3.05, 3.63) is 65.7 Å². The smallest absolute Gasteiger partial charge is 0.412 e. The van der Waals surface area contributed by atoms with E-state index >= 15 is 0 Å². The Labute approximate surface area is 218 Å². The average Bonchev–Trinajstić information content (AvgIpc) is 2.81. The maximum Gasteiger partial charge on any atom is 0.412 e. The van der Waals surface area contributed by atoms with Crippen LogP contribution in [0.5, 0.6) is 0 Å². The van der Waals surface area contributed by atoms with Gasteiger partial charge in [-0.1, -0.05) is 44.2 Å². The van der Waals surface area contributed by atoms with Crippen LogP contribution in [0.25, 0.3) is 0 Å². The topological polar surface area (TPSA) is 114 Å². The number of nitrogens with one attached hydrogen (secondary N) is 2. The highest BCUT2D eigenvalue weighted by Gasteiger charge is 2.30. The lowest BCUT2D eigenvalue weighted by molar-refractivity contribution is -0.150. The Hall–Kier alpha value is -3.88. The normalized spacial score (nSPS) is 11.9. The highest BCUT2D eigenvalue weighted by Crippen LogP contribution is 2.17. The first-order valence-corrected chi connectivity index (χ1v) is 12.3. The van der Waals surface area contributed by atoms with Gasteiger partial charge in [0.1, 0.15) is 18.2 Å². The summed E-state index contributed by atoms with van der Waals surface area (Å²) in [5.74, 6) is -1.61. The second-order valence-corrected chi connectivity index (χ2v) is 9.89. The second kappa shape index (κ2) is 13.4. The molecule has 0 aliphatic rings. The van der Waals surface area contributed by atoms with Gasteiger partial charge < -0.3 is 19.7 Å². The van der Waals surface area contributed by atoms with Gasteiger partial charge in [-0.3, -0.25) is 19.7 Å². The van der Waals surface area contributed by atoms with Crippen LogP contribution in [0, 0.1) is 5.92 Å². The molecular weight excluding hydrogens is 474 g/mol. The van der Waals surface area contributed by atoms with Crippen LogP contribution in [0.3, 0.4) is 0 Å². The van der Waals surface area contributed by atoms with Crippen LogP contribution in [0.2, 0.25) is 0 Å². The number of anilines is 1. The van der Waals surface area contributed by atoms with Crippen LogP contribution in [-0.2, 0) is 25.6 Å². The molecule has 9 heteroatoms. The van der Waals surface area contributed by atoms with Gasteiger partial charge in [0.15, 0.2) is 0 Å². The number of hydrogen-bond donors (Lipinski definition) is 2. The van der Waals surface area contributed by atoms with Gasteiger partial charge in [-0.05, 0) is 63.4 Å². The molecule has 1 atom stereocenters. The SMILES string of the molecule is CCOC(=O)CN(Cc1cccc(NC(=O)OC(C)(C)C)c1)C(=O)C(NC(=O)c1ccccc1)C(C)C. The second-order valence-electron chi connectivity index (χ2n) is 9.89. The summed E-state index contributed by atoms with van der Waals surface area (Å²) in [7, 11) is 0. The Bertz CT molecular complexity index is 1080. The van der Waals surface area contributed by atoms with Crippen LogP contribution in [-0.4, -0.2) is 53.6 Å². The van der Waals surface area contributed by atoms with Crippen LogP contribution >= 0.6 is 0 Å². The highest BCUT2D eigenvalue weighted by atomic mass is 16.6. The van der Waals surface area contributed by atoms with Crippen molar-refractivity contribution in [2.75, 3.05) is 18.5 Å². The number of esters is 1. The van der Waals surface area contributed by atoms with E-state index in [2.05, 4.69) is 10.6 Å². The van der Waals surface area contributed by atoms with Crippen molar-refractivity contribution in [2.24, 2.45) is 5.92 Å². The summed E-state index contributed by atoms with van der Waals surface area (Å²) in [5, 5.41) is 5.48. The van der Waals surface area contributed by atoms with E-state index < -0.39 is 29.6 Å². The van der Waals surface area contributed by atoms with E-state index in [1.54, 1.807) is 82.3 Å². The number of carbonyl (C=O) groups is 4. The molecule has 2 aromatic rings. The summed E-state index contributed by atoms with van der Waals surface area (Å²) < 4.78 is 10.4. The van der Waals surface area contributed by atoms with Gasteiger partial charge >= 0.3 is 12.1 Å². The summed E-state index contributed by atoms with van der Waals surface area (Å²) in [5.41, 5.74) is 0.927. The fourth-order valence-corrected chi connectivity index (χ4v) is 3.49. The highest BCUT2D eigenvalue weighted by molar-refractivity contribution is 5.98. The zero-order valence-corrected chi connectivity index (χ0v) is 22.4. The molecule has 0 radical (unpaired) electrons. The third-order valence-electron chi connectivity index (χ3n) is 5.14. The molecule has 200 valence electrons. The minimum atomic E-state index is -0.870. The van der Waals surface area contributed by atoms with Crippen molar-refractivity contribution >= 4 is 29.6 Å². The predicted octanol–water partition coefficient (Wildman–Crippen LogP) is 4.38. The zero-order chi connectivity index (χ0) is 27.6. The van der Waals surface area contributed by atoms with Crippen molar-refractivity contribution in [2.45, 2.75) is 59.7 Å². The van der Waals surface area contributed by atoms with E-state index in [-0.39, 0.29) is 31.5 Å². The number of ether oxygens (including phenoxy) is 2. The first-order valence-electron chi connectivity index (χ1n) is 12.3. The molecule has 9 nitrogen and oxygen atoms in total. The number of carbonyl (C=O) groups excluding carboxylic acids is 4. The molecule has 0 saturated heterocycles. The van der Waals surface area contributed by atoms with E-state index in [1.807, 2.05) is 13.8 Å². The Balaban J connectivity index is 2.25. The lowest BCUT2D eigenvalue weighted by Gasteiger charge is -2.29. The van der Waals surface area contributed by atoms with E-state index in [0.29, 0.717) is 16.8 Å². The fourth-order valence-electron chi connectivity index (χ4n) is 3.49. The first kappa shape index (κ1) is 29.4. The Morgan fingerprint density at radius 1 is 0.973 bits per heavy atom. The quantitative estimate of drug-likeness (QED) is 0.458. The summed E-state index contributed by atoms with van der Waals surface area (Å²) in [4.78, 5) is 52.3. The molecule has 0 heterocycles. The monoisotopic (exact) mass is 511 g/mol. The van der Waals surface area contributed by atoms with Crippen LogP contribution < -0.4 is 10.6 Å². The third kappa shape index (κ3) is 9.95. The molecular formula is C28H37N3O6. The summed E-state index contributed by atoms with van der Waals surface area (Å²) in [6.45, 7) is 10.6.